The molecule has 0 heterocycles. The van der Waals surface area contributed by atoms with Crippen molar-refractivity contribution in [1.29, 1.82) is 0 Å². The molecule has 1 amide bonds. The number of likely N-dealkylation sites (N-methyl/N-ethyl adjacent to an activating group) is 1. The number of carbonyl (C=O) groups excluding carboxylic acids is 1. The second-order valence-electron chi connectivity index (χ2n) is 6.39. The molecule has 0 spiro atoms. The average molecular weight is 357 g/mol. The van der Waals surface area contributed by atoms with Gasteiger partial charge in [0.25, 0.3) is 5.91 Å². The van der Waals surface area contributed by atoms with E-state index in [-0.39, 0.29) is 11.9 Å². The van der Waals surface area contributed by atoms with Crippen molar-refractivity contribution in [2.75, 3.05) is 20.8 Å². The van der Waals surface area contributed by atoms with Gasteiger partial charge in [0.15, 0.2) is 6.04 Å². The largest absolute Gasteiger partial charge is 0.497 e. The predicted molar refractivity (Wildman–Crippen MR) is 103 cm³/mol. The summed E-state index contributed by atoms with van der Waals surface area (Å²) in [7, 11) is 3.68. The molecule has 140 valence electrons. The first-order valence-corrected chi connectivity index (χ1v) is 8.98. The molecule has 0 saturated carbocycles. The Bertz CT molecular complexity index is 683. The first-order chi connectivity index (χ1) is 12.5. The third kappa shape index (κ3) is 5.77. The molecular weight excluding hydrogens is 328 g/mol. The topological polar surface area (TPSA) is 52.0 Å². The van der Waals surface area contributed by atoms with Crippen LogP contribution in [0.5, 0.6) is 11.5 Å². The summed E-state index contributed by atoms with van der Waals surface area (Å²) in [6.45, 7) is 5.88. The van der Waals surface area contributed by atoms with E-state index in [4.69, 9.17) is 9.47 Å². The standard InChI is InChI=1S/C21H28N2O3/c1-5-26-20-12-8-18(9-13-20)15-23(3)16(2)21(24)22-14-17-6-10-19(25-4)11-7-17/h6-13,16H,5,14-15H2,1-4H3,(H,22,24)/p+1/t16-/m0/s1. The molecule has 5 heteroatoms. The Morgan fingerprint density at radius 2 is 1.62 bits per heavy atom. The van der Waals surface area contributed by atoms with E-state index in [1.807, 2.05) is 57.3 Å². The molecule has 2 rings (SSSR count). The minimum Gasteiger partial charge on any atom is -0.497 e. The number of methoxy groups -OCH3 is 1. The van der Waals surface area contributed by atoms with Gasteiger partial charge in [-0.1, -0.05) is 12.1 Å². The summed E-state index contributed by atoms with van der Waals surface area (Å²) < 4.78 is 10.6. The minimum absolute atomic E-state index is 0.0456. The smallest absolute Gasteiger partial charge is 0.278 e. The second-order valence-corrected chi connectivity index (χ2v) is 6.39. The molecule has 2 atom stereocenters. The van der Waals surface area contributed by atoms with Crippen molar-refractivity contribution < 1.29 is 19.2 Å². The zero-order chi connectivity index (χ0) is 18.9. The van der Waals surface area contributed by atoms with Gasteiger partial charge in [-0.3, -0.25) is 4.79 Å². The van der Waals surface area contributed by atoms with Gasteiger partial charge in [-0.15, -0.1) is 0 Å². The van der Waals surface area contributed by atoms with Crippen LogP contribution >= 0.6 is 0 Å². The van der Waals surface area contributed by atoms with E-state index in [2.05, 4.69) is 17.4 Å². The zero-order valence-electron chi connectivity index (χ0n) is 16.0. The number of nitrogens with one attached hydrogen (secondary N) is 2. The van der Waals surface area contributed by atoms with Gasteiger partial charge in [0.1, 0.15) is 18.0 Å². The molecule has 2 aromatic carbocycles. The lowest BCUT2D eigenvalue weighted by Crippen LogP contribution is -3.12. The summed E-state index contributed by atoms with van der Waals surface area (Å²) in [6.07, 6.45) is 0. The molecule has 0 bridgehead atoms. The van der Waals surface area contributed by atoms with E-state index in [0.717, 1.165) is 28.5 Å². The van der Waals surface area contributed by atoms with E-state index in [9.17, 15) is 4.79 Å². The van der Waals surface area contributed by atoms with Crippen molar-refractivity contribution in [3.63, 3.8) is 0 Å². The van der Waals surface area contributed by atoms with Gasteiger partial charge in [0.2, 0.25) is 0 Å². The maximum atomic E-state index is 12.4. The Balaban J connectivity index is 1.83. The number of amides is 1. The summed E-state index contributed by atoms with van der Waals surface area (Å²) in [5, 5.41) is 3.01. The number of quaternary nitrogens is 1. The lowest BCUT2D eigenvalue weighted by atomic mass is 10.1. The van der Waals surface area contributed by atoms with Gasteiger partial charge in [0.05, 0.1) is 20.8 Å². The fraction of sp³-hybridized carbons (Fsp3) is 0.381. The van der Waals surface area contributed by atoms with Crippen molar-refractivity contribution in [2.45, 2.75) is 33.0 Å². The van der Waals surface area contributed by atoms with E-state index < -0.39 is 0 Å². The molecular formula is C21H29N2O3+. The maximum absolute atomic E-state index is 12.4. The van der Waals surface area contributed by atoms with Crippen LogP contribution in [0.2, 0.25) is 0 Å². The number of hydrogen-bond acceptors (Lipinski definition) is 3. The van der Waals surface area contributed by atoms with Gasteiger partial charge >= 0.3 is 0 Å². The number of ether oxygens (including phenoxy) is 2. The van der Waals surface area contributed by atoms with Gasteiger partial charge in [0, 0.05) is 12.1 Å². The molecule has 0 aromatic heterocycles. The lowest BCUT2D eigenvalue weighted by Gasteiger charge is -2.21. The molecule has 0 aliphatic rings. The predicted octanol–water partition coefficient (Wildman–Crippen LogP) is 1.81. The van der Waals surface area contributed by atoms with Crippen LogP contribution in [0.1, 0.15) is 25.0 Å². The quantitative estimate of drug-likeness (QED) is 0.720. The van der Waals surface area contributed by atoms with Crippen molar-refractivity contribution in [2.24, 2.45) is 0 Å². The number of benzene rings is 2. The summed E-state index contributed by atoms with van der Waals surface area (Å²) in [5.41, 5.74) is 2.23. The first-order valence-electron chi connectivity index (χ1n) is 8.98. The normalized spacial score (nSPS) is 12.9. The summed E-state index contributed by atoms with van der Waals surface area (Å²) >= 11 is 0. The van der Waals surface area contributed by atoms with Crippen molar-refractivity contribution >= 4 is 5.91 Å². The Morgan fingerprint density at radius 1 is 1.04 bits per heavy atom. The number of hydrogen-bond donors (Lipinski definition) is 2. The van der Waals surface area contributed by atoms with Crippen LogP contribution in [0, 0.1) is 0 Å². The summed E-state index contributed by atoms with van der Waals surface area (Å²) in [6, 6.07) is 15.6. The van der Waals surface area contributed by atoms with Crippen molar-refractivity contribution in [1.82, 2.24) is 5.32 Å². The molecule has 0 saturated heterocycles. The van der Waals surface area contributed by atoms with Crippen LogP contribution in [0.4, 0.5) is 0 Å². The van der Waals surface area contributed by atoms with E-state index in [0.29, 0.717) is 13.2 Å². The van der Waals surface area contributed by atoms with Crippen LogP contribution in [-0.4, -0.2) is 32.7 Å². The van der Waals surface area contributed by atoms with E-state index in [1.165, 1.54) is 5.56 Å². The van der Waals surface area contributed by atoms with Crippen LogP contribution in [0.25, 0.3) is 0 Å². The van der Waals surface area contributed by atoms with Crippen LogP contribution in [0.3, 0.4) is 0 Å². The highest BCUT2D eigenvalue weighted by molar-refractivity contribution is 5.79. The molecule has 0 radical (unpaired) electrons. The molecule has 1 unspecified atom stereocenters. The summed E-state index contributed by atoms with van der Waals surface area (Å²) in [5.74, 6) is 1.73. The molecule has 0 fully saturated rings. The highest BCUT2D eigenvalue weighted by atomic mass is 16.5. The van der Waals surface area contributed by atoms with Crippen molar-refractivity contribution in [3.8, 4) is 11.5 Å². The zero-order valence-corrected chi connectivity index (χ0v) is 16.0. The Hall–Kier alpha value is -2.53. The highest BCUT2D eigenvalue weighted by Gasteiger charge is 2.21. The van der Waals surface area contributed by atoms with Gasteiger partial charge in [-0.2, -0.15) is 0 Å². The monoisotopic (exact) mass is 357 g/mol. The average Bonchev–Trinajstić information content (AvgIpc) is 2.67. The molecule has 2 aromatic rings. The fourth-order valence-corrected chi connectivity index (χ4v) is 2.65. The molecule has 0 aliphatic carbocycles. The highest BCUT2D eigenvalue weighted by Crippen LogP contribution is 2.12. The summed E-state index contributed by atoms with van der Waals surface area (Å²) in [4.78, 5) is 13.6. The van der Waals surface area contributed by atoms with Crippen LogP contribution in [0.15, 0.2) is 48.5 Å². The second kappa shape index (κ2) is 9.82. The van der Waals surface area contributed by atoms with Gasteiger partial charge in [-0.25, -0.2) is 0 Å². The first kappa shape index (κ1) is 19.8. The van der Waals surface area contributed by atoms with Gasteiger partial charge in [-0.05, 0) is 55.8 Å². The third-order valence-corrected chi connectivity index (χ3v) is 4.48. The van der Waals surface area contributed by atoms with E-state index >= 15 is 0 Å². The van der Waals surface area contributed by atoms with E-state index in [1.54, 1.807) is 7.11 Å². The number of rotatable bonds is 9. The minimum atomic E-state index is -0.139. The van der Waals surface area contributed by atoms with Gasteiger partial charge < -0.3 is 19.7 Å². The molecule has 2 N–H and O–H groups in total. The Morgan fingerprint density at radius 3 is 2.19 bits per heavy atom. The maximum Gasteiger partial charge on any atom is 0.278 e. The number of carbonyl (C=O) groups is 1. The SMILES string of the molecule is CCOc1ccc(C[NH+](C)[C@@H](C)C(=O)NCc2ccc(OC)cc2)cc1. The third-order valence-electron chi connectivity index (χ3n) is 4.48. The molecule has 26 heavy (non-hydrogen) atoms. The molecule has 5 nitrogen and oxygen atoms in total. The van der Waals surface area contributed by atoms with Crippen LogP contribution < -0.4 is 19.7 Å². The lowest BCUT2D eigenvalue weighted by molar-refractivity contribution is -0.908. The van der Waals surface area contributed by atoms with Crippen LogP contribution in [-0.2, 0) is 17.9 Å². The molecule has 0 aliphatic heterocycles. The Labute approximate surface area is 155 Å². The van der Waals surface area contributed by atoms with Crippen molar-refractivity contribution in [3.05, 3.63) is 59.7 Å². The Kier molecular flexibility index (Phi) is 7.48. The fourth-order valence-electron chi connectivity index (χ4n) is 2.65.